The Balaban J connectivity index is 0. The van der Waals surface area contributed by atoms with Gasteiger partial charge in [0.05, 0.1) is 0 Å². The summed E-state index contributed by atoms with van der Waals surface area (Å²) < 4.78 is 13.3. The van der Waals surface area contributed by atoms with E-state index in [2.05, 4.69) is 24.3 Å². The van der Waals surface area contributed by atoms with E-state index in [9.17, 15) is 4.57 Å². The maximum atomic E-state index is 9.45. The van der Waals surface area contributed by atoms with E-state index in [1.807, 2.05) is 0 Å². The summed E-state index contributed by atoms with van der Waals surface area (Å²) in [6.45, 7) is 9.03. The van der Waals surface area contributed by atoms with Crippen LogP contribution in [-0.2, 0) is 9.09 Å². The average Bonchev–Trinajstić information content (AvgIpc) is 1.72. The molecule has 8 heavy (non-hydrogen) atoms. The van der Waals surface area contributed by atoms with Crippen molar-refractivity contribution >= 4 is 8.25 Å². The molecule has 0 aromatic carbocycles. The predicted octanol–water partition coefficient (Wildman–Crippen LogP) is 1.60. The lowest BCUT2D eigenvalue weighted by molar-refractivity contribution is 0.379. The van der Waals surface area contributed by atoms with E-state index in [1.54, 1.807) is 0 Å². The van der Waals surface area contributed by atoms with Crippen LogP contribution in [0, 0.1) is 0 Å². The third kappa shape index (κ3) is 18.4. The third-order valence-electron chi connectivity index (χ3n) is 0.165. The molecule has 0 aliphatic carbocycles. The molecule has 0 aromatic rings. The van der Waals surface area contributed by atoms with Crippen LogP contribution >= 0.6 is 8.25 Å². The molecule has 0 heterocycles. The zero-order valence-electron chi connectivity index (χ0n) is 4.41. The Bertz CT molecular complexity index is 81.4. The van der Waals surface area contributed by atoms with Crippen molar-refractivity contribution in [2.24, 2.45) is 0 Å². The minimum atomic E-state index is -2.47. The van der Waals surface area contributed by atoms with Crippen molar-refractivity contribution in [2.75, 3.05) is 0 Å². The highest BCUT2D eigenvalue weighted by Crippen LogP contribution is 2.12. The largest absolute Gasteiger partial charge is 0.746 e. The molecule has 1 atom stereocenters. The molecular weight excluding hydrogens is 127 g/mol. The Morgan fingerprint density at radius 2 is 2.00 bits per heavy atom. The van der Waals surface area contributed by atoms with Gasteiger partial charge in [-0.25, -0.2) is 4.52 Å². The maximum Gasteiger partial charge on any atom is 0.746 e. The fourth-order valence-corrected chi connectivity index (χ4v) is 0.191. The molecule has 3 nitrogen and oxygen atoms in total. The fourth-order valence-electron chi connectivity index (χ4n) is 0.0638. The van der Waals surface area contributed by atoms with Crippen molar-refractivity contribution in [3.8, 4) is 0 Å². The summed E-state index contributed by atoms with van der Waals surface area (Å²) in [6.07, 6.45) is 0.915. The second kappa shape index (κ2) is 9.60. The third-order valence-corrected chi connectivity index (χ3v) is 0.494. The normalized spacial score (nSPS) is 7.88. The van der Waals surface area contributed by atoms with Crippen molar-refractivity contribution in [1.82, 2.24) is 0 Å². The van der Waals surface area contributed by atoms with Gasteiger partial charge in [-0.2, -0.15) is 0 Å². The average molecular weight is 135 g/mol. The molecule has 1 unspecified atom stereocenters. The van der Waals surface area contributed by atoms with E-state index in [0.717, 1.165) is 6.26 Å². The van der Waals surface area contributed by atoms with Crippen LogP contribution < -0.4 is 0 Å². The number of hydrogen-bond donors (Lipinski definition) is 1. The second-order valence-electron chi connectivity index (χ2n) is 0.510. The first kappa shape index (κ1) is 10.3. The molecule has 0 amide bonds. The highest BCUT2D eigenvalue weighted by molar-refractivity contribution is 7.32. The van der Waals surface area contributed by atoms with Crippen LogP contribution in [0.4, 0.5) is 0 Å². The van der Waals surface area contributed by atoms with Gasteiger partial charge in [0.1, 0.15) is 6.26 Å². The highest BCUT2D eigenvalue weighted by atomic mass is 31.1. The Morgan fingerprint density at radius 3 is 2.00 bits per heavy atom. The molecule has 0 bridgehead atoms. The lowest BCUT2D eigenvalue weighted by Gasteiger charge is -1.63. The lowest BCUT2D eigenvalue weighted by Crippen LogP contribution is -1.55. The van der Waals surface area contributed by atoms with E-state index in [0.29, 0.717) is 0 Å². The van der Waals surface area contributed by atoms with Gasteiger partial charge in [-0.3, -0.25) is 0 Å². The Hall–Kier alpha value is -0.660. The molecule has 0 aliphatic rings. The second-order valence-corrected chi connectivity index (χ2v) is 1.20. The van der Waals surface area contributed by atoms with E-state index in [-0.39, 0.29) is 0 Å². The highest BCUT2D eigenvalue weighted by Gasteiger charge is 2.05. The topological polar surface area (TPSA) is 46.5 Å². The summed E-state index contributed by atoms with van der Waals surface area (Å²) in [5.74, 6) is 0. The van der Waals surface area contributed by atoms with Gasteiger partial charge in [0.2, 0.25) is 0 Å². The molecule has 4 heteroatoms. The van der Waals surface area contributed by atoms with Gasteiger partial charge in [0, 0.05) is 4.57 Å². The van der Waals surface area contributed by atoms with Gasteiger partial charge >= 0.3 is 8.25 Å². The van der Waals surface area contributed by atoms with Crippen molar-refractivity contribution < 1.29 is 14.0 Å². The molecule has 0 fully saturated rings. The van der Waals surface area contributed by atoms with Crippen LogP contribution in [0.3, 0.4) is 0 Å². The van der Waals surface area contributed by atoms with Gasteiger partial charge in [-0.05, 0) is 0 Å². The minimum absolute atomic E-state index is 0.915. The molecule has 0 radical (unpaired) electrons. The summed E-state index contributed by atoms with van der Waals surface area (Å²) in [7, 11) is -2.47. The molecular formula is C4H8O3P+. The summed E-state index contributed by atoms with van der Waals surface area (Å²) in [4.78, 5) is 7.77. The summed E-state index contributed by atoms with van der Waals surface area (Å²) in [6, 6.07) is 0. The summed E-state index contributed by atoms with van der Waals surface area (Å²) in [5, 5.41) is 0. The van der Waals surface area contributed by atoms with Gasteiger partial charge in [-0.15, -0.1) is 18.1 Å². The Morgan fingerprint density at radius 1 is 1.62 bits per heavy atom. The van der Waals surface area contributed by atoms with Gasteiger partial charge in [0.15, 0.2) is 0 Å². The van der Waals surface area contributed by atoms with Crippen molar-refractivity contribution in [1.29, 1.82) is 0 Å². The van der Waals surface area contributed by atoms with E-state index >= 15 is 0 Å². The molecule has 0 saturated carbocycles. The first-order valence-electron chi connectivity index (χ1n) is 1.71. The lowest BCUT2D eigenvalue weighted by atomic mass is 11.2. The fraction of sp³-hybridized carbons (Fsp3) is 0. The molecule has 0 saturated heterocycles. The van der Waals surface area contributed by atoms with E-state index < -0.39 is 8.25 Å². The Kier molecular flexibility index (Phi) is 12.4. The smallest absolute Gasteiger partial charge is 0.238 e. The monoisotopic (exact) mass is 135 g/mol. The zero-order valence-corrected chi connectivity index (χ0v) is 5.30. The number of rotatable bonds is 2. The van der Waals surface area contributed by atoms with Crippen LogP contribution in [0.2, 0.25) is 0 Å². The molecule has 0 spiro atoms. The van der Waals surface area contributed by atoms with Crippen LogP contribution in [0.15, 0.2) is 26.0 Å². The predicted molar refractivity (Wildman–Crippen MR) is 32.4 cm³/mol. The molecule has 46 valence electrons. The van der Waals surface area contributed by atoms with E-state index in [4.69, 9.17) is 4.89 Å². The van der Waals surface area contributed by atoms with Crippen LogP contribution in [0.1, 0.15) is 0 Å². The molecule has 0 aliphatic heterocycles. The summed E-state index contributed by atoms with van der Waals surface area (Å²) in [5.41, 5.74) is 0. The van der Waals surface area contributed by atoms with Gasteiger partial charge in [-0.1, -0.05) is 6.58 Å². The van der Waals surface area contributed by atoms with Gasteiger partial charge < -0.3 is 0 Å². The van der Waals surface area contributed by atoms with Crippen LogP contribution in [0.25, 0.3) is 0 Å². The first-order chi connectivity index (χ1) is 3.77. The van der Waals surface area contributed by atoms with E-state index in [1.165, 1.54) is 0 Å². The minimum Gasteiger partial charge on any atom is -0.238 e. The van der Waals surface area contributed by atoms with Crippen molar-refractivity contribution in [3.05, 3.63) is 26.0 Å². The Labute approximate surface area is 49.2 Å². The van der Waals surface area contributed by atoms with Crippen molar-refractivity contribution in [3.63, 3.8) is 0 Å². The summed E-state index contributed by atoms with van der Waals surface area (Å²) >= 11 is 0. The molecule has 1 N–H and O–H groups in total. The molecule has 0 aromatic heterocycles. The van der Waals surface area contributed by atoms with Crippen molar-refractivity contribution in [2.45, 2.75) is 0 Å². The molecule has 0 rings (SSSR count). The van der Waals surface area contributed by atoms with Crippen LogP contribution in [-0.4, -0.2) is 4.89 Å². The maximum absolute atomic E-state index is 9.45. The van der Waals surface area contributed by atoms with Crippen LogP contribution in [0.5, 0.6) is 0 Å². The quantitative estimate of drug-likeness (QED) is 0.355. The standard InChI is InChI=1S/C2H3O3P.C2H4/c1-2-5-6(3)4;1-2/h2H,1H2;1-2H2/p+1. The van der Waals surface area contributed by atoms with Gasteiger partial charge in [0.25, 0.3) is 0 Å². The SMILES string of the molecule is C=C.C=CO[P+](=O)O. The zero-order chi connectivity index (χ0) is 6.99. The number of hydrogen-bond acceptors (Lipinski definition) is 2. The first-order valence-corrected chi connectivity index (χ1v) is 2.84.